The molecule has 0 spiro atoms. The lowest BCUT2D eigenvalue weighted by Crippen LogP contribution is -2.24. The molecule has 0 aromatic carbocycles. The van der Waals surface area contributed by atoms with Gasteiger partial charge in [-0.05, 0) is 19.0 Å². The summed E-state index contributed by atoms with van der Waals surface area (Å²) in [6.07, 6.45) is 3.51. The maximum absolute atomic E-state index is 8.75. The Kier molecular flexibility index (Phi) is 4.14. The maximum atomic E-state index is 8.75. The summed E-state index contributed by atoms with van der Waals surface area (Å²) < 4.78 is 1.89. The Morgan fingerprint density at radius 3 is 3.14 bits per heavy atom. The Morgan fingerprint density at radius 2 is 2.50 bits per heavy atom. The van der Waals surface area contributed by atoms with E-state index < -0.39 is 0 Å². The quantitative estimate of drug-likeness (QED) is 0.757. The van der Waals surface area contributed by atoms with Crippen molar-refractivity contribution in [3.8, 4) is 6.07 Å². The molecule has 0 radical (unpaired) electrons. The zero-order valence-corrected chi connectivity index (χ0v) is 8.70. The van der Waals surface area contributed by atoms with Gasteiger partial charge in [0.25, 0.3) is 0 Å². The molecule has 4 nitrogen and oxygen atoms in total. The number of imidazole rings is 1. The van der Waals surface area contributed by atoms with Gasteiger partial charge in [-0.1, -0.05) is 13.8 Å². The molecule has 76 valence electrons. The molecule has 1 N–H and O–H groups in total. The minimum absolute atomic E-state index is 0.494. The minimum Gasteiger partial charge on any atom is -0.322 e. The van der Waals surface area contributed by atoms with Crippen molar-refractivity contribution in [2.75, 3.05) is 13.1 Å². The molecule has 1 atom stereocenters. The molecule has 1 heterocycles. The SMILES string of the molecule is CCNCC(C)Cn1ccnc1C#N. The first-order valence-corrected chi connectivity index (χ1v) is 4.89. The number of nitrogens with zero attached hydrogens (tertiary/aromatic N) is 3. The second kappa shape index (κ2) is 5.40. The van der Waals surface area contributed by atoms with E-state index in [4.69, 9.17) is 5.26 Å². The predicted octanol–water partition coefficient (Wildman–Crippen LogP) is 1.00. The van der Waals surface area contributed by atoms with Crippen LogP contribution in [-0.4, -0.2) is 22.6 Å². The molecule has 1 aromatic rings. The number of hydrogen-bond donors (Lipinski definition) is 1. The third kappa shape index (κ3) is 2.86. The summed E-state index contributed by atoms with van der Waals surface area (Å²) in [5.74, 6) is 1.00. The van der Waals surface area contributed by atoms with Crippen molar-refractivity contribution in [3.63, 3.8) is 0 Å². The van der Waals surface area contributed by atoms with Gasteiger partial charge >= 0.3 is 0 Å². The fourth-order valence-corrected chi connectivity index (χ4v) is 1.36. The zero-order valence-electron chi connectivity index (χ0n) is 8.70. The van der Waals surface area contributed by atoms with E-state index in [-0.39, 0.29) is 0 Å². The number of aromatic nitrogens is 2. The summed E-state index contributed by atoms with van der Waals surface area (Å²) in [5, 5.41) is 12.0. The van der Waals surface area contributed by atoms with E-state index in [9.17, 15) is 0 Å². The Hall–Kier alpha value is -1.34. The molecule has 14 heavy (non-hydrogen) atoms. The fourth-order valence-electron chi connectivity index (χ4n) is 1.36. The molecule has 0 amide bonds. The van der Waals surface area contributed by atoms with Crippen LogP contribution in [0.1, 0.15) is 19.7 Å². The first-order chi connectivity index (χ1) is 6.77. The molecule has 0 aliphatic heterocycles. The average molecular weight is 192 g/mol. The van der Waals surface area contributed by atoms with Crippen LogP contribution in [0.15, 0.2) is 12.4 Å². The van der Waals surface area contributed by atoms with Gasteiger partial charge < -0.3 is 9.88 Å². The van der Waals surface area contributed by atoms with Crippen LogP contribution in [0.25, 0.3) is 0 Å². The van der Waals surface area contributed by atoms with Gasteiger partial charge in [-0.3, -0.25) is 0 Å². The minimum atomic E-state index is 0.494. The molecule has 1 rings (SSSR count). The van der Waals surface area contributed by atoms with E-state index in [1.807, 2.05) is 10.8 Å². The largest absolute Gasteiger partial charge is 0.322 e. The summed E-state index contributed by atoms with van der Waals surface area (Å²) in [6, 6.07) is 2.07. The van der Waals surface area contributed by atoms with Crippen molar-refractivity contribution >= 4 is 0 Å². The highest BCUT2D eigenvalue weighted by Crippen LogP contribution is 2.02. The summed E-state index contributed by atoms with van der Waals surface area (Å²) >= 11 is 0. The number of nitrogens with one attached hydrogen (secondary N) is 1. The van der Waals surface area contributed by atoms with Crippen molar-refractivity contribution < 1.29 is 0 Å². The molecule has 1 aromatic heterocycles. The van der Waals surface area contributed by atoms with Crippen LogP contribution < -0.4 is 5.32 Å². The normalized spacial score (nSPS) is 12.4. The topological polar surface area (TPSA) is 53.6 Å². The molecule has 0 aliphatic rings. The monoisotopic (exact) mass is 192 g/mol. The lowest BCUT2D eigenvalue weighted by molar-refractivity contribution is 0.449. The maximum Gasteiger partial charge on any atom is 0.212 e. The molecule has 4 heteroatoms. The van der Waals surface area contributed by atoms with E-state index >= 15 is 0 Å². The molecule has 0 fully saturated rings. The van der Waals surface area contributed by atoms with E-state index in [2.05, 4.69) is 30.2 Å². The Balaban J connectivity index is 2.48. The summed E-state index contributed by atoms with van der Waals surface area (Å²) in [5.41, 5.74) is 0. The second-order valence-corrected chi connectivity index (χ2v) is 3.43. The first-order valence-electron chi connectivity index (χ1n) is 4.89. The second-order valence-electron chi connectivity index (χ2n) is 3.43. The smallest absolute Gasteiger partial charge is 0.212 e. The van der Waals surface area contributed by atoms with Gasteiger partial charge in [-0.15, -0.1) is 0 Å². The number of hydrogen-bond acceptors (Lipinski definition) is 3. The standard InChI is InChI=1S/C10H16N4/c1-3-12-7-9(2)8-14-5-4-13-10(14)6-11/h4-5,9,12H,3,7-8H2,1-2H3. The van der Waals surface area contributed by atoms with Crippen LogP contribution in [0.4, 0.5) is 0 Å². The highest BCUT2D eigenvalue weighted by atomic mass is 15.1. The summed E-state index contributed by atoms with van der Waals surface area (Å²) in [6.45, 7) is 7.04. The zero-order chi connectivity index (χ0) is 10.4. The van der Waals surface area contributed by atoms with Gasteiger partial charge in [0.15, 0.2) is 0 Å². The summed E-state index contributed by atoms with van der Waals surface area (Å²) in [7, 11) is 0. The Labute approximate surface area is 84.6 Å². The van der Waals surface area contributed by atoms with Crippen LogP contribution in [0.2, 0.25) is 0 Å². The first kappa shape index (κ1) is 10.7. The van der Waals surface area contributed by atoms with E-state index in [0.29, 0.717) is 11.7 Å². The van der Waals surface area contributed by atoms with Gasteiger partial charge in [-0.25, -0.2) is 4.98 Å². The van der Waals surface area contributed by atoms with Crippen molar-refractivity contribution in [2.24, 2.45) is 5.92 Å². The third-order valence-electron chi connectivity index (χ3n) is 2.07. The Morgan fingerprint density at radius 1 is 1.71 bits per heavy atom. The third-order valence-corrected chi connectivity index (χ3v) is 2.07. The van der Waals surface area contributed by atoms with Gasteiger partial charge in [0.1, 0.15) is 6.07 Å². The number of rotatable bonds is 5. The van der Waals surface area contributed by atoms with Crippen LogP contribution >= 0.6 is 0 Å². The fraction of sp³-hybridized carbons (Fsp3) is 0.600. The predicted molar refractivity (Wildman–Crippen MR) is 54.6 cm³/mol. The molecule has 0 saturated carbocycles. The van der Waals surface area contributed by atoms with Crippen molar-refractivity contribution in [2.45, 2.75) is 20.4 Å². The highest BCUT2D eigenvalue weighted by molar-refractivity contribution is 5.11. The lowest BCUT2D eigenvalue weighted by atomic mass is 10.2. The van der Waals surface area contributed by atoms with Crippen LogP contribution in [-0.2, 0) is 6.54 Å². The van der Waals surface area contributed by atoms with Crippen molar-refractivity contribution in [3.05, 3.63) is 18.2 Å². The molecular weight excluding hydrogens is 176 g/mol. The molecule has 0 bridgehead atoms. The van der Waals surface area contributed by atoms with E-state index in [1.165, 1.54) is 0 Å². The number of nitriles is 1. The molecule has 0 saturated heterocycles. The van der Waals surface area contributed by atoms with Gasteiger partial charge in [-0.2, -0.15) is 5.26 Å². The molecule has 1 unspecified atom stereocenters. The van der Waals surface area contributed by atoms with Crippen molar-refractivity contribution in [1.82, 2.24) is 14.9 Å². The molecular formula is C10H16N4. The van der Waals surface area contributed by atoms with E-state index in [0.717, 1.165) is 19.6 Å². The van der Waals surface area contributed by atoms with Gasteiger partial charge in [0.05, 0.1) is 0 Å². The van der Waals surface area contributed by atoms with E-state index in [1.54, 1.807) is 6.20 Å². The average Bonchev–Trinajstić information content (AvgIpc) is 2.62. The highest BCUT2D eigenvalue weighted by Gasteiger charge is 2.05. The molecule has 0 aliphatic carbocycles. The van der Waals surface area contributed by atoms with Crippen LogP contribution in [0.3, 0.4) is 0 Å². The van der Waals surface area contributed by atoms with Crippen molar-refractivity contribution in [1.29, 1.82) is 5.26 Å². The summed E-state index contributed by atoms with van der Waals surface area (Å²) in [4.78, 5) is 3.95. The van der Waals surface area contributed by atoms with Gasteiger partial charge in [0.2, 0.25) is 5.82 Å². The van der Waals surface area contributed by atoms with Crippen LogP contribution in [0, 0.1) is 17.2 Å². The van der Waals surface area contributed by atoms with Crippen LogP contribution in [0.5, 0.6) is 0 Å². The van der Waals surface area contributed by atoms with Gasteiger partial charge in [0, 0.05) is 18.9 Å². The Bertz CT molecular complexity index is 310. The lowest BCUT2D eigenvalue weighted by Gasteiger charge is -2.12.